The van der Waals surface area contributed by atoms with Gasteiger partial charge < -0.3 is 4.40 Å². The van der Waals surface area contributed by atoms with Gasteiger partial charge in [0.05, 0.1) is 17.8 Å². The molecule has 0 aliphatic carbocycles. The second-order valence-electron chi connectivity index (χ2n) is 2.46. The SMILES string of the molecule is ClCc1cnc2cc(Br)ccn12. The lowest BCUT2D eigenvalue weighted by Crippen LogP contribution is -1.87. The van der Waals surface area contributed by atoms with Crippen LogP contribution in [0.25, 0.3) is 5.65 Å². The lowest BCUT2D eigenvalue weighted by molar-refractivity contribution is 1.09. The number of hydrogen-bond donors (Lipinski definition) is 0. The number of nitrogens with zero attached hydrogens (tertiary/aromatic N) is 2. The van der Waals surface area contributed by atoms with Crippen LogP contribution in [0.5, 0.6) is 0 Å². The van der Waals surface area contributed by atoms with E-state index in [0.717, 1.165) is 15.8 Å². The number of hydrogen-bond acceptors (Lipinski definition) is 1. The molecule has 0 spiro atoms. The summed E-state index contributed by atoms with van der Waals surface area (Å²) in [6, 6.07) is 3.92. The van der Waals surface area contributed by atoms with Gasteiger partial charge >= 0.3 is 0 Å². The van der Waals surface area contributed by atoms with Crippen molar-refractivity contribution in [1.29, 1.82) is 0 Å². The van der Waals surface area contributed by atoms with Gasteiger partial charge in [-0.15, -0.1) is 11.6 Å². The standard InChI is InChI=1S/C8H6BrClN2/c9-6-1-2-12-7(4-10)5-11-8(12)3-6/h1-3,5H,4H2. The molecule has 2 nitrogen and oxygen atoms in total. The summed E-state index contributed by atoms with van der Waals surface area (Å²) >= 11 is 9.09. The monoisotopic (exact) mass is 244 g/mol. The number of rotatable bonds is 1. The van der Waals surface area contributed by atoms with Crippen LogP contribution < -0.4 is 0 Å². The number of fused-ring (bicyclic) bond motifs is 1. The molecule has 0 fully saturated rings. The zero-order valence-electron chi connectivity index (χ0n) is 6.17. The molecular formula is C8H6BrClN2. The topological polar surface area (TPSA) is 17.3 Å². The van der Waals surface area contributed by atoms with Gasteiger partial charge in [0.25, 0.3) is 0 Å². The highest BCUT2D eigenvalue weighted by atomic mass is 79.9. The third-order valence-corrected chi connectivity index (χ3v) is 2.46. The van der Waals surface area contributed by atoms with Crippen molar-refractivity contribution in [1.82, 2.24) is 9.38 Å². The number of imidazole rings is 1. The minimum absolute atomic E-state index is 0.489. The molecule has 0 saturated carbocycles. The van der Waals surface area contributed by atoms with Crippen LogP contribution in [0, 0.1) is 0 Å². The molecule has 0 aliphatic rings. The number of aromatic nitrogens is 2. The summed E-state index contributed by atoms with van der Waals surface area (Å²) in [4.78, 5) is 4.20. The molecule has 12 heavy (non-hydrogen) atoms. The predicted octanol–water partition coefficient (Wildman–Crippen LogP) is 2.84. The Bertz CT molecular complexity index is 410. The summed E-state index contributed by atoms with van der Waals surface area (Å²) in [7, 11) is 0. The van der Waals surface area contributed by atoms with Crippen LogP contribution in [0.1, 0.15) is 5.69 Å². The maximum atomic E-state index is 5.71. The van der Waals surface area contributed by atoms with E-state index >= 15 is 0 Å². The molecule has 2 rings (SSSR count). The van der Waals surface area contributed by atoms with Crippen molar-refractivity contribution in [2.24, 2.45) is 0 Å². The Morgan fingerprint density at radius 3 is 3.17 bits per heavy atom. The van der Waals surface area contributed by atoms with Crippen LogP contribution in [0.3, 0.4) is 0 Å². The third kappa shape index (κ3) is 1.23. The summed E-state index contributed by atoms with van der Waals surface area (Å²) in [6.45, 7) is 0. The highest BCUT2D eigenvalue weighted by molar-refractivity contribution is 9.10. The fourth-order valence-corrected chi connectivity index (χ4v) is 1.63. The van der Waals surface area contributed by atoms with E-state index in [0.29, 0.717) is 5.88 Å². The van der Waals surface area contributed by atoms with Gasteiger partial charge in [-0.25, -0.2) is 4.98 Å². The van der Waals surface area contributed by atoms with Crippen LogP contribution in [0.2, 0.25) is 0 Å². The zero-order valence-corrected chi connectivity index (χ0v) is 8.51. The first-order chi connectivity index (χ1) is 5.81. The van der Waals surface area contributed by atoms with E-state index < -0.39 is 0 Å². The summed E-state index contributed by atoms with van der Waals surface area (Å²) in [5, 5.41) is 0. The molecule has 2 heterocycles. The Kier molecular flexibility index (Phi) is 2.07. The molecule has 0 atom stereocenters. The van der Waals surface area contributed by atoms with E-state index in [1.165, 1.54) is 0 Å². The van der Waals surface area contributed by atoms with Gasteiger partial charge in [-0.3, -0.25) is 0 Å². The van der Waals surface area contributed by atoms with Crippen LogP contribution in [0.4, 0.5) is 0 Å². The van der Waals surface area contributed by atoms with Crippen LogP contribution in [-0.4, -0.2) is 9.38 Å². The van der Waals surface area contributed by atoms with Gasteiger partial charge in [-0.2, -0.15) is 0 Å². The van der Waals surface area contributed by atoms with Crippen molar-refractivity contribution in [2.75, 3.05) is 0 Å². The van der Waals surface area contributed by atoms with Crippen molar-refractivity contribution in [3.8, 4) is 0 Å². The minimum Gasteiger partial charge on any atom is -0.303 e. The molecular weight excluding hydrogens is 239 g/mol. The van der Waals surface area contributed by atoms with Crippen LogP contribution in [0.15, 0.2) is 29.0 Å². The first-order valence-corrected chi connectivity index (χ1v) is 4.81. The highest BCUT2D eigenvalue weighted by Gasteiger charge is 2.00. The van der Waals surface area contributed by atoms with Crippen molar-refractivity contribution in [2.45, 2.75) is 5.88 Å². The largest absolute Gasteiger partial charge is 0.303 e. The molecule has 0 saturated heterocycles. The summed E-state index contributed by atoms with van der Waals surface area (Å²) in [5.74, 6) is 0.489. The van der Waals surface area contributed by atoms with E-state index in [2.05, 4.69) is 20.9 Å². The van der Waals surface area contributed by atoms with Gasteiger partial charge in [-0.1, -0.05) is 15.9 Å². The highest BCUT2D eigenvalue weighted by Crippen LogP contribution is 2.14. The quantitative estimate of drug-likeness (QED) is 0.706. The summed E-state index contributed by atoms with van der Waals surface area (Å²) in [5.41, 5.74) is 1.93. The van der Waals surface area contributed by atoms with Gasteiger partial charge in [0.2, 0.25) is 0 Å². The first-order valence-electron chi connectivity index (χ1n) is 3.49. The molecule has 2 aromatic rings. The molecule has 62 valence electrons. The average molecular weight is 246 g/mol. The third-order valence-electron chi connectivity index (χ3n) is 1.69. The molecule has 0 aliphatic heterocycles. The molecule has 0 amide bonds. The molecule has 0 radical (unpaired) electrons. The zero-order chi connectivity index (χ0) is 8.55. The molecule has 0 bridgehead atoms. The maximum Gasteiger partial charge on any atom is 0.138 e. The van der Waals surface area contributed by atoms with E-state index in [1.807, 2.05) is 22.7 Å². The van der Waals surface area contributed by atoms with E-state index in [4.69, 9.17) is 11.6 Å². The van der Waals surface area contributed by atoms with E-state index in [9.17, 15) is 0 Å². The first kappa shape index (κ1) is 8.08. The average Bonchev–Trinajstić information content (AvgIpc) is 2.46. The Labute approximate surface area is 83.3 Å². The molecule has 2 aromatic heterocycles. The number of pyridine rings is 1. The molecule has 0 N–H and O–H groups in total. The summed E-state index contributed by atoms with van der Waals surface area (Å²) < 4.78 is 3.00. The normalized spacial score (nSPS) is 10.8. The maximum absolute atomic E-state index is 5.71. The van der Waals surface area contributed by atoms with Crippen molar-refractivity contribution in [3.63, 3.8) is 0 Å². The van der Waals surface area contributed by atoms with Gasteiger partial charge in [0.15, 0.2) is 0 Å². The van der Waals surface area contributed by atoms with E-state index in [-0.39, 0.29) is 0 Å². The van der Waals surface area contributed by atoms with Crippen molar-refractivity contribution in [3.05, 3.63) is 34.7 Å². The van der Waals surface area contributed by atoms with Gasteiger partial charge in [0.1, 0.15) is 5.65 Å². The smallest absolute Gasteiger partial charge is 0.138 e. The fraction of sp³-hybridized carbons (Fsp3) is 0.125. The van der Waals surface area contributed by atoms with Gasteiger partial charge in [-0.05, 0) is 12.1 Å². The number of halogens is 2. The van der Waals surface area contributed by atoms with Crippen molar-refractivity contribution < 1.29 is 0 Å². The van der Waals surface area contributed by atoms with Gasteiger partial charge in [0, 0.05) is 10.7 Å². The lowest BCUT2D eigenvalue weighted by Gasteiger charge is -1.96. The summed E-state index contributed by atoms with van der Waals surface area (Å²) in [6.07, 6.45) is 3.74. The molecule has 0 unspecified atom stereocenters. The van der Waals surface area contributed by atoms with Crippen LogP contribution in [-0.2, 0) is 5.88 Å². The second kappa shape index (κ2) is 3.07. The van der Waals surface area contributed by atoms with E-state index in [1.54, 1.807) is 6.20 Å². The lowest BCUT2D eigenvalue weighted by atomic mass is 10.4. The molecule has 0 aromatic carbocycles. The molecule has 4 heteroatoms. The predicted molar refractivity (Wildman–Crippen MR) is 52.4 cm³/mol. The minimum atomic E-state index is 0.489. The Morgan fingerprint density at radius 1 is 1.58 bits per heavy atom. The van der Waals surface area contributed by atoms with Crippen LogP contribution >= 0.6 is 27.5 Å². The fourth-order valence-electron chi connectivity index (χ4n) is 1.11. The Morgan fingerprint density at radius 2 is 2.42 bits per heavy atom. The van der Waals surface area contributed by atoms with Crippen molar-refractivity contribution >= 4 is 33.2 Å². The second-order valence-corrected chi connectivity index (χ2v) is 3.64. The Balaban J connectivity index is 2.73. The number of alkyl halides is 1. The Hall–Kier alpha value is -0.540.